The number of benzene rings is 2. The average Bonchev–Trinajstić information content (AvgIpc) is 3.13. The molecule has 0 saturated heterocycles. The molecule has 158 valence electrons. The van der Waals surface area contributed by atoms with Crippen molar-refractivity contribution < 1.29 is 17.6 Å². The predicted molar refractivity (Wildman–Crippen MR) is 115 cm³/mol. The number of sulfonamides is 1. The SMILES string of the molecule is Cc1nc2cc(NC(=O)c3cccc(S(=O)(=O)N(C)C4CCCCC4)c3)ccc2o1. The molecule has 0 atom stereocenters. The molecule has 2 aromatic carbocycles. The molecule has 1 aliphatic carbocycles. The van der Waals surface area contributed by atoms with Gasteiger partial charge in [-0.15, -0.1) is 0 Å². The zero-order valence-corrected chi connectivity index (χ0v) is 17.9. The molecule has 1 N–H and O–H groups in total. The number of rotatable bonds is 5. The van der Waals surface area contributed by atoms with Crippen LogP contribution in [0.5, 0.6) is 0 Å². The second-order valence-electron chi connectivity index (χ2n) is 7.71. The number of oxazole rings is 1. The van der Waals surface area contributed by atoms with Crippen molar-refractivity contribution in [1.29, 1.82) is 0 Å². The van der Waals surface area contributed by atoms with Gasteiger partial charge in [0.1, 0.15) is 5.52 Å². The lowest BCUT2D eigenvalue weighted by Gasteiger charge is -2.30. The Balaban J connectivity index is 1.54. The molecule has 4 rings (SSSR count). The third-order valence-electron chi connectivity index (χ3n) is 5.61. The van der Waals surface area contributed by atoms with Crippen LogP contribution in [0.1, 0.15) is 48.4 Å². The number of anilines is 1. The first-order chi connectivity index (χ1) is 14.3. The molecule has 30 heavy (non-hydrogen) atoms. The van der Waals surface area contributed by atoms with Gasteiger partial charge < -0.3 is 9.73 Å². The van der Waals surface area contributed by atoms with Gasteiger partial charge in [-0.1, -0.05) is 25.3 Å². The second kappa shape index (κ2) is 8.20. The highest BCUT2D eigenvalue weighted by molar-refractivity contribution is 7.89. The highest BCUT2D eigenvalue weighted by atomic mass is 32.2. The largest absolute Gasteiger partial charge is 0.441 e. The summed E-state index contributed by atoms with van der Waals surface area (Å²) in [4.78, 5) is 17.1. The quantitative estimate of drug-likeness (QED) is 0.654. The number of fused-ring (bicyclic) bond motifs is 1. The third kappa shape index (κ3) is 4.11. The maximum Gasteiger partial charge on any atom is 0.255 e. The first kappa shape index (κ1) is 20.6. The van der Waals surface area contributed by atoms with E-state index in [4.69, 9.17) is 4.42 Å². The molecule has 0 bridgehead atoms. The highest BCUT2D eigenvalue weighted by Gasteiger charge is 2.29. The van der Waals surface area contributed by atoms with Gasteiger partial charge in [0.2, 0.25) is 10.0 Å². The predicted octanol–water partition coefficient (Wildman–Crippen LogP) is 4.34. The Morgan fingerprint density at radius 3 is 2.67 bits per heavy atom. The summed E-state index contributed by atoms with van der Waals surface area (Å²) in [6.07, 6.45) is 4.99. The Labute approximate surface area is 176 Å². The molecule has 1 saturated carbocycles. The number of aromatic nitrogens is 1. The fourth-order valence-electron chi connectivity index (χ4n) is 3.93. The van der Waals surface area contributed by atoms with Crippen LogP contribution in [0.15, 0.2) is 51.8 Å². The summed E-state index contributed by atoms with van der Waals surface area (Å²) in [6.45, 7) is 1.76. The molecule has 7 nitrogen and oxygen atoms in total. The van der Waals surface area contributed by atoms with Crippen LogP contribution in [0.4, 0.5) is 5.69 Å². The smallest absolute Gasteiger partial charge is 0.255 e. The molecule has 0 radical (unpaired) electrons. The summed E-state index contributed by atoms with van der Waals surface area (Å²) in [5, 5.41) is 2.80. The van der Waals surface area contributed by atoms with E-state index < -0.39 is 10.0 Å². The number of carbonyl (C=O) groups excluding carboxylic acids is 1. The van der Waals surface area contributed by atoms with Crippen LogP contribution in [0.2, 0.25) is 0 Å². The van der Waals surface area contributed by atoms with E-state index in [2.05, 4.69) is 10.3 Å². The molecular formula is C22H25N3O4S. The molecule has 1 aliphatic rings. The Morgan fingerprint density at radius 1 is 1.13 bits per heavy atom. The molecule has 1 fully saturated rings. The van der Waals surface area contributed by atoms with Crippen LogP contribution in [-0.2, 0) is 10.0 Å². The third-order valence-corrected chi connectivity index (χ3v) is 7.52. The molecule has 1 heterocycles. The first-order valence-corrected chi connectivity index (χ1v) is 11.6. The maximum atomic E-state index is 13.1. The monoisotopic (exact) mass is 427 g/mol. The number of aryl methyl sites for hydroxylation is 1. The van der Waals surface area contributed by atoms with E-state index >= 15 is 0 Å². The van der Waals surface area contributed by atoms with E-state index in [1.54, 1.807) is 44.3 Å². The van der Waals surface area contributed by atoms with Crippen LogP contribution in [-0.4, -0.2) is 36.7 Å². The van der Waals surface area contributed by atoms with Crippen molar-refractivity contribution in [3.05, 3.63) is 53.9 Å². The van der Waals surface area contributed by atoms with Crippen LogP contribution in [0.3, 0.4) is 0 Å². The van der Waals surface area contributed by atoms with Crippen molar-refractivity contribution in [2.24, 2.45) is 0 Å². The van der Waals surface area contributed by atoms with Gasteiger partial charge in [-0.05, 0) is 49.2 Å². The van der Waals surface area contributed by atoms with E-state index in [1.807, 2.05) is 0 Å². The minimum absolute atomic E-state index is 0.0128. The topological polar surface area (TPSA) is 92.5 Å². The molecule has 8 heteroatoms. The molecule has 1 amide bonds. The van der Waals surface area contributed by atoms with E-state index in [0.717, 1.165) is 32.1 Å². The fraction of sp³-hybridized carbons (Fsp3) is 0.364. The van der Waals surface area contributed by atoms with Gasteiger partial charge in [0.15, 0.2) is 11.5 Å². The summed E-state index contributed by atoms with van der Waals surface area (Å²) < 4.78 is 33.1. The zero-order chi connectivity index (χ0) is 21.3. The first-order valence-electron chi connectivity index (χ1n) is 10.1. The van der Waals surface area contributed by atoms with Crippen molar-refractivity contribution in [1.82, 2.24) is 9.29 Å². The van der Waals surface area contributed by atoms with E-state index in [-0.39, 0.29) is 22.4 Å². The summed E-state index contributed by atoms with van der Waals surface area (Å²) in [7, 11) is -2.03. The maximum absolute atomic E-state index is 13.1. The summed E-state index contributed by atoms with van der Waals surface area (Å²) in [5.74, 6) is 0.167. The highest BCUT2D eigenvalue weighted by Crippen LogP contribution is 2.27. The Morgan fingerprint density at radius 2 is 1.90 bits per heavy atom. The lowest BCUT2D eigenvalue weighted by Crippen LogP contribution is -2.38. The average molecular weight is 428 g/mol. The van der Waals surface area contributed by atoms with E-state index in [1.165, 1.54) is 16.4 Å². The van der Waals surface area contributed by atoms with Crippen LogP contribution < -0.4 is 5.32 Å². The minimum atomic E-state index is -3.66. The molecule has 0 unspecified atom stereocenters. The molecule has 3 aromatic rings. The molecule has 1 aromatic heterocycles. The van der Waals surface area contributed by atoms with Gasteiger partial charge in [0, 0.05) is 31.3 Å². The fourth-order valence-corrected chi connectivity index (χ4v) is 5.39. The van der Waals surface area contributed by atoms with Crippen LogP contribution >= 0.6 is 0 Å². The zero-order valence-electron chi connectivity index (χ0n) is 17.1. The normalized spacial score (nSPS) is 15.6. The molecular weight excluding hydrogens is 402 g/mol. The molecule has 0 aliphatic heterocycles. The van der Waals surface area contributed by atoms with Gasteiger partial charge in [-0.3, -0.25) is 4.79 Å². The van der Waals surface area contributed by atoms with E-state index in [9.17, 15) is 13.2 Å². The number of hydrogen-bond donors (Lipinski definition) is 1. The lowest BCUT2D eigenvalue weighted by molar-refractivity contribution is 0.102. The van der Waals surface area contributed by atoms with Crippen molar-refractivity contribution >= 4 is 32.7 Å². The van der Waals surface area contributed by atoms with E-state index in [0.29, 0.717) is 22.7 Å². The van der Waals surface area contributed by atoms with Gasteiger partial charge in [0.25, 0.3) is 5.91 Å². The van der Waals surface area contributed by atoms with Gasteiger partial charge in [0.05, 0.1) is 4.90 Å². The van der Waals surface area contributed by atoms with Crippen molar-refractivity contribution in [2.45, 2.75) is 50.0 Å². The number of amides is 1. The molecule has 0 spiro atoms. The standard InChI is InChI=1S/C22H25N3O4S/c1-15-23-20-14-17(11-12-21(20)29-15)24-22(26)16-7-6-10-19(13-16)30(27,28)25(2)18-8-4-3-5-9-18/h6-7,10-14,18H,3-5,8-9H2,1-2H3,(H,24,26). The summed E-state index contributed by atoms with van der Waals surface area (Å²) in [5.41, 5.74) is 2.14. The minimum Gasteiger partial charge on any atom is -0.441 e. The number of carbonyl (C=O) groups is 1. The Bertz CT molecular complexity index is 1180. The van der Waals surface area contributed by atoms with Crippen molar-refractivity contribution in [3.8, 4) is 0 Å². The summed E-state index contributed by atoms with van der Waals surface area (Å²) >= 11 is 0. The van der Waals surface area contributed by atoms with Crippen molar-refractivity contribution in [3.63, 3.8) is 0 Å². The Kier molecular flexibility index (Phi) is 5.62. The Hall–Kier alpha value is -2.71. The van der Waals surface area contributed by atoms with Gasteiger partial charge >= 0.3 is 0 Å². The number of hydrogen-bond acceptors (Lipinski definition) is 5. The van der Waals surface area contributed by atoms with Crippen LogP contribution in [0.25, 0.3) is 11.1 Å². The van der Waals surface area contributed by atoms with Gasteiger partial charge in [-0.25, -0.2) is 13.4 Å². The number of nitrogens with one attached hydrogen (secondary N) is 1. The van der Waals surface area contributed by atoms with Crippen LogP contribution in [0, 0.1) is 6.92 Å². The second-order valence-corrected chi connectivity index (χ2v) is 9.71. The van der Waals surface area contributed by atoms with Crippen molar-refractivity contribution in [2.75, 3.05) is 12.4 Å². The van der Waals surface area contributed by atoms with Gasteiger partial charge in [-0.2, -0.15) is 4.31 Å². The number of nitrogens with zero attached hydrogens (tertiary/aromatic N) is 2. The lowest BCUT2D eigenvalue weighted by atomic mass is 9.96. The summed E-state index contributed by atoms with van der Waals surface area (Å²) in [6, 6.07) is 11.4.